The molecule has 0 bridgehead atoms. The van der Waals surface area contributed by atoms with Crippen molar-refractivity contribution in [3.05, 3.63) is 109 Å². The van der Waals surface area contributed by atoms with E-state index in [1.54, 1.807) is 0 Å². The fourth-order valence-electron chi connectivity index (χ4n) is 6.00. The van der Waals surface area contributed by atoms with Crippen molar-refractivity contribution in [1.82, 2.24) is 18.8 Å². The molecule has 0 aliphatic carbocycles. The highest BCUT2D eigenvalue weighted by Gasteiger charge is 2.55. The van der Waals surface area contributed by atoms with Crippen LogP contribution in [0.15, 0.2) is 109 Å². The van der Waals surface area contributed by atoms with Crippen molar-refractivity contribution in [1.29, 1.82) is 0 Å². The molecule has 6 nitrogen and oxygen atoms in total. The topological polar surface area (TPSA) is 42.2 Å². The quantitative estimate of drug-likeness (QED) is 0.392. The number of para-hydroxylation sites is 2. The second kappa shape index (κ2) is 5.45. The summed E-state index contributed by atoms with van der Waals surface area (Å²) in [5, 5.41) is 2.51. The molecule has 2 aromatic carbocycles. The minimum absolute atomic E-state index is 0.920. The lowest BCUT2D eigenvalue weighted by atomic mass is 9.64. The zero-order chi connectivity index (χ0) is 20.9. The number of amidine groups is 1. The van der Waals surface area contributed by atoms with Gasteiger partial charge in [-0.05, 0) is 29.4 Å². The second-order valence-corrected chi connectivity index (χ2v) is 8.51. The SMILES string of the molecule is C1=CC2=Nc3cccc[n+]3[B-]3(n4ccnc4)N2C(=C1)c1cccc2c4ccccc4n3c12. The predicted octanol–water partition coefficient (Wildman–Crippen LogP) is 3.93. The Bertz CT molecular complexity index is 1690. The molecular formula is C25H17BN6. The zero-order valence-electron chi connectivity index (χ0n) is 17.1. The number of nitrogens with zero attached hydrogens (tertiary/aromatic N) is 6. The van der Waals surface area contributed by atoms with E-state index in [1.165, 1.54) is 27.4 Å². The molecule has 150 valence electrons. The molecule has 0 saturated heterocycles. The Labute approximate surface area is 183 Å². The van der Waals surface area contributed by atoms with Crippen molar-refractivity contribution < 1.29 is 4.48 Å². The number of rotatable bonds is 1. The van der Waals surface area contributed by atoms with E-state index in [0.29, 0.717) is 0 Å². The average Bonchev–Trinajstić information content (AvgIpc) is 3.50. The third kappa shape index (κ3) is 1.66. The van der Waals surface area contributed by atoms with Gasteiger partial charge < -0.3 is 18.2 Å². The fraction of sp³-hybridized carbons (Fsp3) is 0. The maximum Gasteiger partial charge on any atom is 0.508 e. The molecule has 1 unspecified atom stereocenters. The Morgan fingerprint density at radius 2 is 1.81 bits per heavy atom. The molecule has 3 aliphatic rings. The van der Waals surface area contributed by atoms with E-state index in [2.05, 4.69) is 108 Å². The highest BCUT2D eigenvalue weighted by Crippen LogP contribution is 2.45. The summed E-state index contributed by atoms with van der Waals surface area (Å²) in [4.78, 5) is 11.9. The number of aromatic nitrogens is 4. The molecule has 0 N–H and O–H groups in total. The minimum atomic E-state index is -1.75. The molecule has 32 heavy (non-hydrogen) atoms. The molecule has 3 aromatic heterocycles. The first-order valence-electron chi connectivity index (χ1n) is 10.8. The summed E-state index contributed by atoms with van der Waals surface area (Å²) in [6.45, 7) is -1.75. The van der Waals surface area contributed by atoms with Gasteiger partial charge in [0.05, 0.1) is 6.33 Å². The number of hydrogen-bond acceptors (Lipinski definition) is 3. The van der Waals surface area contributed by atoms with Crippen LogP contribution in [0.5, 0.6) is 0 Å². The van der Waals surface area contributed by atoms with Crippen LogP contribution in [0, 0.1) is 0 Å². The van der Waals surface area contributed by atoms with Gasteiger partial charge in [-0.15, -0.1) is 0 Å². The van der Waals surface area contributed by atoms with Crippen molar-refractivity contribution in [3.8, 4) is 0 Å². The molecule has 1 atom stereocenters. The third-order valence-corrected chi connectivity index (χ3v) is 7.10. The first-order chi connectivity index (χ1) is 15.9. The smallest absolute Gasteiger partial charge is 0.435 e. The van der Waals surface area contributed by atoms with E-state index >= 15 is 0 Å². The molecule has 7 heteroatoms. The van der Waals surface area contributed by atoms with Crippen LogP contribution in [0.25, 0.3) is 27.5 Å². The fourth-order valence-corrected chi connectivity index (χ4v) is 6.00. The van der Waals surface area contributed by atoms with Gasteiger partial charge in [-0.3, -0.25) is 0 Å². The Hall–Kier alpha value is -4.39. The predicted molar refractivity (Wildman–Crippen MR) is 126 cm³/mol. The largest absolute Gasteiger partial charge is 0.508 e. The van der Waals surface area contributed by atoms with Crippen LogP contribution >= 0.6 is 0 Å². The van der Waals surface area contributed by atoms with E-state index in [4.69, 9.17) is 4.99 Å². The maximum atomic E-state index is 5.05. The summed E-state index contributed by atoms with van der Waals surface area (Å²) in [5.41, 5.74) is 4.81. The van der Waals surface area contributed by atoms with Crippen LogP contribution < -0.4 is 4.48 Å². The Morgan fingerprint density at radius 1 is 0.906 bits per heavy atom. The Balaban J connectivity index is 1.72. The van der Waals surface area contributed by atoms with Gasteiger partial charge in [-0.1, -0.05) is 48.5 Å². The minimum Gasteiger partial charge on any atom is -0.435 e. The van der Waals surface area contributed by atoms with Crippen LogP contribution in [0.1, 0.15) is 5.56 Å². The molecule has 0 saturated carbocycles. The van der Waals surface area contributed by atoms with Crippen molar-refractivity contribution >= 4 is 45.8 Å². The first kappa shape index (κ1) is 16.3. The normalized spacial score (nSPS) is 20.2. The summed E-state index contributed by atoms with van der Waals surface area (Å²) in [6.07, 6.45) is 14.4. The number of benzene rings is 2. The van der Waals surface area contributed by atoms with Crippen molar-refractivity contribution in [2.45, 2.75) is 0 Å². The molecule has 3 aliphatic heterocycles. The highest BCUT2D eigenvalue weighted by molar-refractivity contribution is 6.73. The van der Waals surface area contributed by atoms with Gasteiger partial charge in [0.25, 0.3) is 5.82 Å². The van der Waals surface area contributed by atoms with Gasteiger partial charge in [0, 0.05) is 57.6 Å². The summed E-state index contributed by atoms with van der Waals surface area (Å²) in [6, 6.07) is 21.5. The van der Waals surface area contributed by atoms with Crippen LogP contribution in [0.2, 0.25) is 0 Å². The van der Waals surface area contributed by atoms with Gasteiger partial charge in [0.15, 0.2) is 0 Å². The van der Waals surface area contributed by atoms with Crippen molar-refractivity contribution in [3.63, 3.8) is 0 Å². The first-order valence-corrected chi connectivity index (χ1v) is 10.8. The number of allylic oxidation sites excluding steroid dienone is 2. The van der Waals surface area contributed by atoms with Crippen molar-refractivity contribution in [2.75, 3.05) is 0 Å². The van der Waals surface area contributed by atoms with E-state index < -0.39 is 6.69 Å². The van der Waals surface area contributed by atoms with E-state index in [9.17, 15) is 0 Å². The lowest BCUT2D eigenvalue weighted by molar-refractivity contribution is -0.546. The van der Waals surface area contributed by atoms with E-state index in [1.807, 2.05) is 18.6 Å². The molecule has 6 heterocycles. The van der Waals surface area contributed by atoms with Crippen LogP contribution in [-0.2, 0) is 0 Å². The van der Waals surface area contributed by atoms with Gasteiger partial charge >= 0.3 is 6.69 Å². The summed E-state index contributed by atoms with van der Waals surface area (Å²) < 4.78 is 7.06. The summed E-state index contributed by atoms with van der Waals surface area (Å²) in [7, 11) is 0. The second-order valence-electron chi connectivity index (χ2n) is 8.51. The standard InChI is InChI=1S/C25H17BN6/c1-2-10-21-18(7-1)19-8-5-9-20-22-11-6-13-24-28-23-12-3-4-15-30(23)26(31(22)24,32(21)25(19)20)29-16-14-27-17-29/h1-17H. The van der Waals surface area contributed by atoms with Crippen LogP contribution in [0.3, 0.4) is 0 Å². The van der Waals surface area contributed by atoms with Gasteiger partial charge in [0.2, 0.25) is 5.84 Å². The third-order valence-electron chi connectivity index (χ3n) is 7.10. The summed E-state index contributed by atoms with van der Waals surface area (Å²) >= 11 is 0. The van der Waals surface area contributed by atoms with Gasteiger partial charge in [-0.25, -0.2) is 4.98 Å². The molecule has 0 fully saturated rings. The summed E-state index contributed by atoms with van der Waals surface area (Å²) in [5.74, 6) is 1.85. The van der Waals surface area contributed by atoms with Gasteiger partial charge in [-0.2, -0.15) is 0 Å². The number of pyridine rings is 1. The van der Waals surface area contributed by atoms with Crippen molar-refractivity contribution in [2.24, 2.45) is 4.99 Å². The average molecular weight is 412 g/mol. The molecule has 0 spiro atoms. The lowest BCUT2D eigenvalue weighted by Crippen LogP contribution is -2.84. The molecule has 0 amide bonds. The maximum absolute atomic E-state index is 5.05. The van der Waals surface area contributed by atoms with Crippen LogP contribution in [-0.4, -0.2) is 31.3 Å². The Kier molecular flexibility index (Phi) is 2.78. The van der Waals surface area contributed by atoms with Crippen LogP contribution in [0.4, 0.5) is 5.82 Å². The molecule has 8 rings (SSSR count). The monoisotopic (exact) mass is 412 g/mol. The molecular weight excluding hydrogens is 395 g/mol. The molecule has 5 aromatic rings. The zero-order valence-corrected chi connectivity index (χ0v) is 17.1. The number of fused-ring (bicyclic) bond motifs is 7. The van der Waals surface area contributed by atoms with E-state index in [-0.39, 0.29) is 0 Å². The van der Waals surface area contributed by atoms with E-state index in [0.717, 1.165) is 17.4 Å². The number of imidazole rings is 1. The highest BCUT2D eigenvalue weighted by atomic mass is 15.5. The lowest BCUT2D eigenvalue weighted by Gasteiger charge is -2.55. The number of aliphatic imine (C=N–C) groups is 1. The number of hydrogen-bond donors (Lipinski definition) is 0. The Morgan fingerprint density at radius 3 is 2.75 bits per heavy atom. The van der Waals surface area contributed by atoms with Gasteiger partial charge in [0.1, 0.15) is 0 Å². The molecule has 0 radical (unpaired) electrons.